The molecule has 0 radical (unpaired) electrons. The van der Waals surface area contributed by atoms with Crippen LogP contribution in [0.2, 0.25) is 0 Å². The summed E-state index contributed by atoms with van der Waals surface area (Å²) in [5, 5.41) is 5.16. The van der Waals surface area contributed by atoms with Crippen molar-refractivity contribution in [2.45, 2.75) is 31.6 Å². The summed E-state index contributed by atoms with van der Waals surface area (Å²) in [6.45, 7) is 1.86. The number of carbonyl (C=O) groups is 3. The van der Waals surface area contributed by atoms with Crippen molar-refractivity contribution in [3.63, 3.8) is 0 Å². The van der Waals surface area contributed by atoms with Crippen molar-refractivity contribution in [3.8, 4) is 0 Å². The molecule has 2 aliphatic heterocycles. The van der Waals surface area contributed by atoms with E-state index in [1.165, 1.54) is 35.0 Å². The molecule has 2 aromatic rings. The second-order valence-corrected chi connectivity index (χ2v) is 8.32. The molecular weight excluding hydrogens is 461 g/mol. The summed E-state index contributed by atoms with van der Waals surface area (Å²) in [4.78, 5) is 42.1. The number of amides is 4. The van der Waals surface area contributed by atoms with Crippen molar-refractivity contribution in [3.05, 3.63) is 82.6 Å². The minimum Gasteiger partial charge on any atom is -0.357 e. The lowest BCUT2D eigenvalue weighted by molar-refractivity contribution is -0.138. The van der Waals surface area contributed by atoms with Crippen LogP contribution in [-0.2, 0) is 22.2 Å². The van der Waals surface area contributed by atoms with Gasteiger partial charge in [0.25, 0.3) is 5.91 Å². The molecule has 0 fully saturated rings. The predicted molar refractivity (Wildman–Crippen MR) is 122 cm³/mol. The molecule has 0 aromatic heterocycles. The van der Waals surface area contributed by atoms with Crippen LogP contribution in [0, 0.1) is 0 Å². The van der Waals surface area contributed by atoms with Gasteiger partial charge in [0, 0.05) is 20.0 Å². The third-order valence-electron chi connectivity index (χ3n) is 6.34. The third kappa shape index (κ3) is 4.48. The lowest BCUT2D eigenvalue weighted by Crippen LogP contribution is -2.49. The fourth-order valence-electron chi connectivity index (χ4n) is 4.69. The Hall–Kier alpha value is -3.82. The number of nitrogens with zero attached hydrogens (tertiary/aromatic N) is 2. The number of halogens is 3. The lowest BCUT2D eigenvalue weighted by atomic mass is 9.91. The van der Waals surface area contributed by atoms with Gasteiger partial charge in [-0.25, -0.2) is 4.79 Å². The summed E-state index contributed by atoms with van der Waals surface area (Å²) in [7, 11) is 1.46. The van der Waals surface area contributed by atoms with Crippen LogP contribution in [0.25, 0.3) is 0 Å². The number of nitrogens with one attached hydrogen (secondary N) is 2. The average molecular weight is 486 g/mol. The zero-order chi connectivity index (χ0) is 25.3. The van der Waals surface area contributed by atoms with Gasteiger partial charge in [0.05, 0.1) is 29.4 Å². The quantitative estimate of drug-likeness (QED) is 0.658. The van der Waals surface area contributed by atoms with E-state index < -0.39 is 41.7 Å². The summed E-state index contributed by atoms with van der Waals surface area (Å²) in [6.07, 6.45) is -4.46. The Morgan fingerprint density at radius 3 is 2.40 bits per heavy atom. The molecule has 10 heteroatoms. The van der Waals surface area contributed by atoms with Crippen molar-refractivity contribution >= 4 is 17.8 Å². The maximum absolute atomic E-state index is 13.8. The van der Waals surface area contributed by atoms with Gasteiger partial charge in [0.15, 0.2) is 0 Å². The summed E-state index contributed by atoms with van der Waals surface area (Å²) >= 11 is 0. The number of alkyl halides is 3. The number of urea groups is 1. The van der Waals surface area contributed by atoms with Gasteiger partial charge in [0.2, 0.25) is 5.91 Å². The van der Waals surface area contributed by atoms with Crippen molar-refractivity contribution < 1.29 is 27.6 Å². The molecule has 0 spiro atoms. The topological polar surface area (TPSA) is 81.8 Å². The van der Waals surface area contributed by atoms with E-state index in [4.69, 9.17) is 0 Å². The van der Waals surface area contributed by atoms with Crippen LogP contribution in [0.4, 0.5) is 18.0 Å². The van der Waals surface area contributed by atoms with Gasteiger partial charge in [-0.15, -0.1) is 0 Å². The van der Waals surface area contributed by atoms with E-state index in [1.54, 1.807) is 6.92 Å². The van der Waals surface area contributed by atoms with Crippen LogP contribution in [-0.4, -0.2) is 53.8 Å². The minimum atomic E-state index is -4.68. The zero-order valence-electron chi connectivity index (χ0n) is 19.2. The number of likely N-dealkylation sites (N-methyl/N-ethyl adjacent to an activating group) is 2. The standard InChI is InChI=1S/C25H25F3N4O3/c1-3-31-19-14-32(18(22(33)29-2)13-15-9-5-4-6-10-15)23(34)20(19)21(30-24(31)35)16-11-7-8-12-17(16)25(26,27)28/h4-12,18,21H,3,13-14H2,1-2H3,(H,29,33)(H,30,35)/t18-,21-/m0/s1. The van der Waals surface area contributed by atoms with Crippen molar-refractivity contribution in [2.75, 3.05) is 20.1 Å². The highest BCUT2D eigenvalue weighted by atomic mass is 19.4. The Morgan fingerprint density at radius 1 is 1.11 bits per heavy atom. The first-order valence-electron chi connectivity index (χ1n) is 11.2. The van der Waals surface area contributed by atoms with E-state index in [0.29, 0.717) is 5.70 Å². The Bertz CT molecular complexity index is 1180. The van der Waals surface area contributed by atoms with Gasteiger partial charge in [-0.05, 0) is 24.1 Å². The first-order chi connectivity index (χ1) is 16.7. The molecular formula is C25H25F3N4O3. The average Bonchev–Trinajstić information content (AvgIpc) is 3.18. The second-order valence-electron chi connectivity index (χ2n) is 8.32. The largest absolute Gasteiger partial charge is 0.416 e. The fraction of sp³-hybridized carbons (Fsp3) is 0.320. The number of carbonyl (C=O) groups excluding carboxylic acids is 3. The van der Waals surface area contributed by atoms with E-state index in [9.17, 15) is 27.6 Å². The molecule has 7 nitrogen and oxygen atoms in total. The van der Waals surface area contributed by atoms with Crippen molar-refractivity contribution in [2.24, 2.45) is 0 Å². The van der Waals surface area contributed by atoms with Gasteiger partial charge in [0.1, 0.15) is 6.04 Å². The van der Waals surface area contributed by atoms with E-state index in [1.807, 2.05) is 30.3 Å². The van der Waals surface area contributed by atoms with Crippen LogP contribution < -0.4 is 10.6 Å². The molecule has 2 aromatic carbocycles. The van der Waals surface area contributed by atoms with E-state index in [2.05, 4.69) is 10.6 Å². The normalized spacial score (nSPS) is 18.9. The van der Waals surface area contributed by atoms with Crippen molar-refractivity contribution in [1.29, 1.82) is 0 Å². The smallest absolute Gasteiger partial charge is 0.357 e. The van der Waals surface area contributed by atoms with Crippen LogP contribution in [0.5, 0.6) is 0 Å². The van der Waals surface area contributed by atoms with Crippen LogP contribution in [0.3, 0.4) is 0 Å². The molecule has 0 saturated heterocycles. The van der Waals surface area contributed by atoms with Gasteiger partial charge >= 0.3 is 12.2 Å². The highest BCUT2D eigenvalue weighted by Crippen LogP contribution is 2.42. The molecule has 4 amide bonds. The molecule has 2 atom stereocenters. The molecule has 184 valence electrons. The van der Waals surface area contributed by atoms with Gasteiger partial charge in [-0.3, -0.25) is 14.5 Å². The SMILES string of the molecule is CCN1C(=O)N[C@@H](c2ccccc2C(F)(F)F)C2=C1CN([C@@H](Cc1ccccc1)C(=O)NC)C2=O. The predicted octanol–water partition coefficient (Wildman–Crippen LogP) is 3.25. The Labute approximate surface area is 200 Å². The molecule has 0 saturated carbocycles. The Balaban J connectivity index is 1.78. The van der Waals surface area contributed by atoms with E-state index in [0.717, 1.165) is 11.6 Å². The summed E-state index contributed by atoms with van der Waals surface area (Å²) in [5.41, 5.74) is 0.0291. The first kappa shape index (κ1) is 24.3. The number of hydrogen-bond donors (Lipinski definition) is 2. The minimum absolute atomic E-state index is 0.0464. The number of rotatable bonds is 6. The summed E-state index contributed by atoms with van der Waals surface area (Å²) in [6, 6.07) is 11.2. The maximum Gasteiger partial charge on any atom is 0.416 e. The van der Waals surface area contributed by atoms with Gasteiger partial charge in [-0.2, -0.15) is 13.2 Å². The van der Waals surface area contributed by atoms with E-state index >= 15 is 0 Å². The number of hydrogen-bond acceptors (Lipinski definition) is 3. The zero-order valence-corrected chi connectivity index (χ0v) is 19.2. The highest BCUT2D eigenvalue weighted by Gasteiger charge is 2.48. The van der Waals surface area contributed by atoms with E-state index in [-0.39, 0.29) is 30.6 Å². The lowest BCUT2D eigenvalue weighted by Gasteiger charge is -2.33. The fourth-order valence-corrected chi connectivity index (χ4v) is 4.69. The van der Waals surface area contributed by atoms with Gasteiger partial charge < -0.3 is 15.5 Å². The highest BCUT2D eigenvalue weighted by molar-refractivity contribution is 6.03. The molecule has 0 aliphatic carbocycles. The molecule has 0 unspecified atom stereocenters. The third-order valence-corrected chi connectivity index (χ3v) is 6.34. The Kier molecular flexibility index (Phi) is 6.56. The molecule has 2 N–H and O–H groups in total. The molecule has 35 heavy (non-hydrogen) atoms. The maximum atomic E-state index is 13.8. The first-order valence-corrected chi connectivity index (χ1v) is 11.2. The van der Waals surface area contributed by atoms with Crippen LogP contribution in [0.1, 0.15) is 29.7 Å². The molecule has 0 bridgehead atoms. The number of benzene rings is 2. The monoisotopic (exact) mass is 486 g/mol. The van der Waals surface area contributed by atoms with Crippen molar-refractivity contribution in [1.82, 2.24) is 20.4 Å². The Morgan fingerprint density at radius 2 is 1.77 bits per heavy atom. The second kappa shape index (κ2) is 9.44. The van der Waals surface area contributed by atoms with Gasteiger partial charge in [-0.1, -0.05) is 48.5 Å². The molecule has 4 rings (SSSR count). The molecule has 2 heterocycles. The molecule has 2 aliphatic rings. The summed E-state index contributed by atoms with van der Waals surface area (Å²) < 4.78 is 41.4. The van der Waals surface area contributed by atoms with Crippen LogP contribution in [0.15, 0.2) is 65.9 Å². The summed E-state index contributed by atoms with van der Waals surface area (Å²) in [5.74, 6) is -0.985. The van der Waals surface area contributed by atoms with Crippen LogP contribution >= 0.6 is 0 Å².